The van der Waals surface area contributed by atoms with Crippen molar-refractivity contribution in [3.05, 3.63) is 484 Å². The molecule has 0 unspecified atom stereocenters. The minimum Gasteiger partial charge on any atom is -0.450 e. The first-order valence-electron chi connectivity index (χ1n) is 50.6. The molecule has 0 amide bonds. The molecular weight excluding hydrogens is 1840 g/mol. The molecule has 0 atom stereocenters. The average Bonchev–Trinajstić information content (AvgIpc) is 1.54. The highest BCUT2D eigenvalue weighted by Gasteiger charge is 2.42. The van der Waals surface area contributed by atoms with Gasteiger partial charge in [0, 0.05) is 130 Å². The summed E-state index contributed by atoms with van der Waals surface area (Å²) in [5.41, 5.74) is 27.6. The molecule has 0 spiro atoms. The summed E-state index contributed by atoms with van der Waals surface area (Å²) < 4.78 is 22.9. The van der Waals surface area contributed by atoms with E-state index in [1.807, 2.05) is 18.2 Å². The Kier molecular flexibility index (Phi) is 18.5. The lowest BCUT2D eigenvalue weighted by molar-refractivity contribution is 0.650. The van der Waals surface area contributed by atoms with Crippen molar-refractivity contribution in [2.24, 2.45) is 0 Å². The van der Waals surface area contributed by atoms with Gasteiger partial charge in [0.15, 0.2) is 34.7 Å². The predicted octanol–water partition coefficient (Wildman–Crippen LogP) is 35.0. The third-order valence-corrected chi connectivity index (χ3v) is 32.0. The molecule has 1 aliphatic carbocycles. The van der Waals surface area contributed by atoms with Crippen LogP contribution in [0.2, 0.25) is 0 Å². The number of furan rings is 1. The van der Waals surface area contributed by atoms with E-state index >= 15 is 0 Å². The molecule has 0 fully saturated rings. The van der Waals surface area contributed by atoms with Crippen LogP contribution in [0.4, 0.5) is 0 Å². The number of thiophene rings is 1. The number of hydrogen-bond acceptors (Lipinski definition) is 8. The molecule has 0 N–H and O–H groups in total. The van der Waals surface area contributed by atoms with Gasteiger partial charge in [0.05, 0.1) is 82.1 Å². The second kappa shape index (κ2) is 32.7. The highest BCUT2D eigenvalue weighted by Crippen LogP contribution is 2.54. The van der Waals surface area contributed by atoms with Gasteiger partial charge in [-0.2, -0.15) is 0 Å². The number of fused-ring (bicyclic) bond motifs is 30. The van der Waals surface area contributed by atoms with Gasteiger partial charge in [-0.05, 0) is 220 Å². The van der Waals surface area contributed by atoms with Gasteiger partial charge >= 0.3 is 0 Å². The fourth-order valence-corrected chi connectivity index (χ4v) is 25.3. The SMILES string of the molecule is CC1(C)c2ccccc2-c2nc(-c3ccc4c(c3)c3ccccc3n4-c3ccccc3)nc(-n3c4ccccc4c4cc5ccccc5cc43)c21.c1ccc(-n2c3ccccc3c3cc(-c4nc(-n5c6ccccc6c6cc7ccccc7cc65)c5oc6ccccc6c5n4)ccc32)cc1.c1ccc(-n2c3ccccc3c3cc(-c4nc(-n5c6ccccc6c6cc7ccccc7cc65)c5sc6ccccc6c5n4)ccc32)cc1. The first-order valence-corrected chi connectivity index (χ1v) is 51.4. The van der Waals surface area contributed by atoms with Gasteiger partial charge in [0.1, 0.15) is 16.9 Å². The highest BCUT2D eigenvalue weighted by molar-refractivity contribution is 7.26. The van der Waals surface area contributed by atoms with Crippen LogP contribution in [0.5, 0.6) is 0 Å². The zero-order chi connectivity index (χ0) is 98.0. The Morgan fingerprint density at radius 2 is 0.530 bits per heavy atom. The van der Waals surface area contributed by atoms with Crippen LogP contribution in [-0.4, -0.2) is 57.3 Å². The van der Waals surface area contributed by atoms with Gasteiger partial charge in [-0.1, -0.05) is 305 Å². The van der Waals surface area contributed by atoms with Crippen LogP contribution in [0.25, 0.3) is 285 Å². The van der Waals surface area contributed by atoms with Crippen molar-refractivity contribution < 1.29 is 4.42 Å². The minimum absolute atomic E-state index is 0.304. The van der Waals surface area contributed by atoms with E-state index in [-0.39, 0.29) is 5.41 Å². The molecule has 149 heavy (non-hydrogen) atoms. The van der Waals surface area contributed by atoms with Gasteiger partial charge in [-0.25, -0.2) is 29.9 Å². The molecule has 11 aromatic heterocycles. The van der Waals surface area contributed by atoms with Crippen LogP contribution < -0.4 is 0 Å². The first-order chi connectivity index (χ1) is 73.7. The van der Waals surface area contributed by atoms with E-state index in [0.717, 1.165) is 167 Å². The van der Waals surface area contributed by atoms with Crippen LogP contribution in [-0.2, 0) is 5.41 Å². The molecule has 1 aliphatic rings. The van der Waals surface area contributed by atoms with E-state index in [4.69, 9.17) is 34.3 Å². The summed E-state index contributed by atoms with van der Waals surface area (Å²) >= 11 is 1.77. The lowest BCUT2D eigenvalue weighted by Gasteiger charge is -2.24. The van der Waals surface area contributed by atoms with Gasteiger partial charge < -0.3 is 18.1 Å². The van der Waals surface area contributed by atoms with Crippen LogP contribution in [0, 0.1) is 0 Å². The monoisotopic (exact) mass is 1920 g/mol. The second-order valence-corrected chi connectivity index (χ2v) is 40.6. The van der Waals surface area contributed by atoms with Crippen molar-refractivity contribution in [1.29, 1.82) is 0 Å². The number of aromatic nitrogens is 12. The fraction of sp³-hybridized carbons (Fsp3) is 0.0222. The van der Waals surface area contributed by atoms with E-state index in [9.17, 15) is 0 Å². The molecule has 13 nitrogen and oxygen atoms in total. The van der Waals surface area contributed by atoms with Crippen LogP contribution in [0.15, 0.2) is 478 Å². The summed E-state index contributed by atoms with van der Waals surface area (Å²) in [7, 11) is 0. The Hall–Kier alpha value is -19.5. The van der Waals surface area contributed by atoms with Crippen molar-refractivity contribution in [3.63, 3.8) is 0 Å². The van der Waals surface area contributed by atoms with E-state index in [2.05, 4.69) is 496 Å². The number of hydrogen-bond donors (Lipinski definition) is 0. The van der Waals surface area contributed by atoms with E-state index < -0.39 is 0 Å². The Labute approximate surface area is 855 Å². The van der Waals surface area contributed by atoms with Crippen LogP contribution in [0.1, 0.15) is 25.0 Å². The minimum atomic E-state index is -0.304. The zero-order valence-electron chi connectivity index (χ0n) is 80.7. The molecular formula is C135H84N12OS. The van der Waals surface area contributed by atoms with Crippen molar-refractivity contribution in [2.45, 2.75) is 19.3 Å². The van der Waals surface area contributed by atoms with E-state index in [0.29, 0.717) is 11.4 Å². The molecule has 21 aromatic carbocycles. The zero-order valence-corrected chi connectivity index (χ0v) is 81.5. The lowest BCUT2D eigenvalue weighted by atomic mass is 9.82. The molecule has 0 bridgehead atoms. The maximum Gasteiger partial charge on any atom is 0.197 e. The summed E-state index contributed by atoms with van der Waals surface area (Å²) in [6.07, 6.45) is 0. The maximum absolute atomic E-state index is 6.61. The predicted molar refractivity (Wildman–Crippen MR) is 619 cm³/mol. The summed E-state index contributed by atoms with van der Waals surface area (Å²) in [6.45, 7) is 4.63. The van der Waals surface area contributed by atoms with Crippen molar-refractivity contribution >= 4 is 217 Å². The van der Waals surface area contributed by atoms with E-state index in [1.165, 1.54) is 118 Å². The summed E-state index contributed by atoms with van der Waals surface area (Å²) in [5.74, 6) is 4.67. The third kappa shape index (κ3) is 12.9. The molecule has 0 saturated carbocycles. The van der Waals surface area contributed by atoms with E-state index in [1.54, 1.807) is 11.3 Å². The molecule has 14 heteroatoms. The van der Waals surface area contributed by atoms with Crippen molar-refractivity contribution in [1.82, 2.24) is 57.3 Å². The van der Waals surface area contributed by atoms with Crippen LogP contribution in [0.3, 0.4) is 0 Å². The topological polar surface area (TPSA) is 120 Å². The Bertz CT molecular complexity index is 10900. The summed E-state index contributed by atoms with van der Waals surface area (Å²) in [4.78, 5) is 32.5. The molecule has 0 saturated heterocycles. The highest BCUT2D eigenvalue weighted by atomic mass is 32.1. The number of rotatable bonds is 9. The maximum atomic E-state index is 6.61. The molecule has 32 aromatic rings. The third-order valence-electron chi connectivity index (χ3n) is 30.9. The first kappa shape index (κ1) is 84.0. The Morgan fingerprint density at radius 3 is 0.966 bits per heavy atom. The van der Waals surface area contributed by atoms with Crippen molar-refractivity contribution in [3.8, 4) is 79.9 Å². The van der Waals surface area contributed by atoms with Gasteiger partial charge in [-0.15, -0.1) is 11.3 Å². The Morgan fingerprint density at radius 1 is 0.221 bits per heavy atom. The number of benzene rings is 21. The Balaban J connectivity index is 0.000000101. The van der Waals surface area contributed by atoms with Crippen LogP contribution >= 0.6 is 11.3 Å². The van der Waals surface area contributed by atoms with Gasteiger partial charge in [0.25, 0.3) is 0 Å². The van der Waals surface area contributed by atoms with Gasteiger partial charge in [-0.3, -0.25) is 13.7 Å². The number of para-hydroxylation sites is 10. The molecule has 696 valence electrons. The molecule has 0 radical (unpaired) electrons. The van der Waals surface area contributed by atoms with Gasteiger partial charge in [0.2, 0.25) is 0 Å². The molecule has 11 heterocycles. The number of nitrogens with zero attached hydrogens (tertiary/aromatic N) is 12. The fourth-order valence-electron chi connectivity index (χ4n) is 24.1. The normalized spacial score (nSPS) is 12.6. The quantitative estimate of drug-likeness (QED) is 0.141. The summed E-state index contributed by atoms with van der Waals surface area (Å²) in [6, 6.07) is 169. The smallest absolute Gasteiger partial charge is 0.197 e. The second-order valence-electron chi connectivity index (χ2n) is 39.5. The standard InChI is InChI=1S/C47H32N4.C44H26N4O.C44H26N4S/c1-47(2)38-21-11-8-20-35(38)44-43(47)46(51-40-23-13-10-19-34(40)37-26-29-14-6-7-15-30(29)28-42(37)51)49-45(48-44)31-24-25-41-36(27-31)33-18-9-12-22-39(33)50(41)32-16-4-3-5-17-32;2*1-2-14-30(15-3-1)47-36-19-9-6-16-31(36)34-25-29(22-23-38(34)47)43-45-41-33-18-8-11-21-40(33)49-42(41)44(46-43)48-37-20-10-7-17-32(37)35-24-27-12-4-5-13-28(27)26-39(35)48/h3-28H,1-2H3;2*1-26H. The molecule has 33 rings (SSSR count). The molecule has 0 aliphatic heterocycles. The average molecular weight is 1920 g/mol. The lowest BCUT2D eigenvalue weighted by Crippen LogP contribution is -2.19. The largest absolute Gasteiger partial charge is 0.450 e. The summed E-state index contributed by atoms with van der Waals surface area (Å²) in [5, 5.41) is 23.7. The van der Waals surface area contributed by atoms with Crippen molar-refractivity contribution in [2.75, 3.05) is 0 Å².